The molecule has 18 heavy (non-hydrogen) atoms. The molecule has 0 heterocycles. The van der Waals surface area contributed by atoms with Gasteiger partial charge in [-0.2, -0.15) is 13.2 Å². The van der Waals surface area contributed by atoms with Gasteiger partial charge in [0.2, 0.25) is 10.0 Å². The number of carboxylic acid groups (broad SMARTS) is 1. The molecule has 3 atom stereocenters. The lowest BCUT2D eigenvalue weighted by Gasteiger charge is -2.24. The van der Waals surface area contributed by atoms with Gasteiger partial charge in [0.05, 0.1) is 17.6 Å². The predicted octanol–water partition coefficient (Wildman–Crippen LogP) is 0.0340. The van der Waals surface area contributed by atoms with Gasteiger partial charge in [0.15, 0.2) is 0 Å². The van der Waals surface area contributed by atoms with Crippen molar-refractivity contribution >= 4 is 16.0 Å². The van der Waals surface area contributed by atoms with Crippen molar-refractivity contribution in [2.75, 3.05) is 0 Å². The largest absolute Gasteiger partial charge is 0.481 e. The summed E-state index contributed by atoms with van der Waals surface area (Å²) in [5.41, 5.74) is 5.32. The first kappa shape index (κ1) is 17.1. The van der Waals surface area contributed by atoms with Crippen molar-refractivity contribution in [1.82, 2.24) is 0 Å². The van der Waals surface area contributed by atoms with Crippen LogP contribution in [0, 0.1) is 5.92 Å². The molecule has 0 amide bonds. The minimum absolute atomic E-state index is 0.812. The van der Waals surface area contributed by atoms with E-state index in [0.717, 1.165) is 6.92 Å². The van der Waals surface area contributed by atoms with E-state index in [0.29, 0.717) is 0 Å². The van der Waals surface area contributed by atoms with E-state index in [4.69, 9.17) is 16.0 Å². The number of hydrogen-bond donors (Lipinski definition) is 3. The second-order valence-electron chi connectivity index (χ2n) is 4.03. The van der Waals surface area contributed by atoms with Crippen LogP contribution in [0.4, 0.5) is 13.2 Å². The Morgan fingerprint density at radius 2 is 1.83 bits per heavy atom. The molecule has 0 aliphatic rings. The van der Waals surface area contributed by atoms with E-state index >= 15 is 0 Å². The zero-order valence-electron chi connectivity index (χ0n) is 9.52. The molecule has 0 aliphatic heterocycles. The summed E-state index contributed by atoms with van der Waals surface area (Å²) >= 11 is 0. The maximum absolute atomic E-state index is 12.5. The number of nitrogens with two attached hydrogens (primary N) is 2. The molecule has 6 nitrogen and oxygen atoms in total. The van der Waals surface area contributed by atoms with Gasteiger partial charge >= 0.3 is 12.1 Å². The first-order valence-corrected chi connectivity index (χ1v) is 6.52. The monoisotopic (exact) mass is 292 g/mol. The molecule has 5 N–H and O–H groups in total. The van der Waals surface area contributed by atoms with Gasteiger partial charge in [-0.25, -0.2) is 13.6 Å². The van der Waals surface area contributed by atoms with E-state index in [1.807, 2.05) is 0 Å². The average molecular weight is 292 g/mol. The van der Waals surface area contributed by atoms with Crippen molar-refractivity contribution in [2.45, 2.75) is 37.2 Å². The SMILES string of the molecule is C[C@H]([C@H](N)C[C@H](CC(=O)O)C(F)(F)F)S(N)(=O)=O. The third-order valence-electron chi connectivity index (χ3n) is 2.56. The van der Waals surface area contributed by atoms with Gasteiger partial charge in [0, 0.05) is 6.04 Å². The molecule has 0 aliphatic carbocycles. The van der Waals surface area contributed by atoms with Crippen LogP contribution in [-0.2, 0) is 14.8 Å². The van der Waals surface area contributed by atoms with Gasteiger partial charge in [-0.3, -0.25) is 4.79 Å². The number of carboxylic acids is 1. The van der Waals surface area contributed by atoms with Crippen LogP contribution in [0.1, 0.15) is 19.8 Å². The number of rotatable bonds is 6. The molecular weight excluding hydrogens is 277 g/mol. The first-order valence-electron chi connectivity index (χ1n) is 4.91. The van der Waals surface area contributed by atoms with Crippen molar-refractivity contribution in [3.63, 3.8) is 0 Å². The maximum atomic E-state index is 12.5. The van der Waals surface area contributed by atoms with Crippen LogP contribution >= 0.6 is 0 Å². The summed E-state index contributed by atoms with van der Waals surface area (Å²) < 4.78 is 59.4. The van der Waals surface area contributed by atoms with E-state index in [-0.39, 0.29) is 0 Å². The lowest BCUT2D eigenvalue weighted by molar-refractivity contribution is -0.185. The van der Waals surface area contributed by atoms with Crippen molar-refractivity contribution in [2.24, 2.45) is 16.8 Å². The Morgan fingerprint density at radius 3 is 2.11 bits per heavy atom. The van der Waals surface area contributed by atoms with Gasteiger partial charge in [-0.05, 0) is 13.3 Å². The van der Waals surface area contributed by atoms with E-state index in [2.05, 4.69) is 0 Å². The fourth-order valence-electron chi connectivity index (χ4n) is 1.31. The van der Waals surface area contributed by atoms with Gasteiger partial charge in [-0.1, -0.05) is 0 Å². The molecule has 0 bridgehead atoms. The second kappa shape index (κ2) is 5.85. The highest BCUT2D eigenvalue weighted by molar-refractivity contribution is 7.89. The van der Waals surface area contributed by atoms with Crippen LogP contribution in [-0.4, -0.2) is 37.0 Å². The minimum Gasteiger partial charge on any atom is -0.481 e. The fourth-order valence-corrected chi connectivity index (χ4v) is 1.91. The Hall–Kier alpha value is -0.870. The Labute approximate surface area is 102 Å². The zero-order valence-corrected chi connectivity index (χ0v) is 10.3. The first-order chi connectivity index (χ1) is 7.85. The molecule has 0 aromatic rings. The number of carbonyl (C=O) groups is 1. The number of hydrogen-bond acceptors (Lipinski definition) is 4. The fraction of sp³-hybridized carbons (Fsp3) is 0.875. The van der Waals surface area contributed by atoms with Gasteiger partial charge in [-0.15, -0.1) is 0 Å². The highest BCUT2D eigenvalue weighted by Crippen LogP contribution is 2.32. The van der Waals surface area contributed by atoms with E-state index < -0.39 is 52.2 Å². The smallest absolute Gasteiger partial charge is 0.392 e. The molecule has 0 aromatic carbocycles. The van der Waals surface area contributed by atoms with E-state index in [1.165, 1.54) is 0 Å². The predicted molar refractivity (Wildman–Crippen MR) is 57.0 cm³/mol. The molecule has 0 unspecified atom stereocenters. The van der Waals surface area contributed by atoms with Crippen LogP contribution in [0.3, 0.4) is 0 Å². The quantitative estimate of drug-likeness (QED) is 0.637. The lowest BCUT2D eigenvalue weighted by Crippen LogP contribution is -2.44. The molecule has 10 heteroatoms. The highest BCUT2D eigenvalue weighted by atomic mass is 32.2. The third-order valence-corrected chi connectivity index (χ3v) is 3.95. The summed E-state index contributed by atoms with van der Waals surface area (Å²) in [5, 5.41) is 11.8. The maximum Gasteiger partial charge on any atom is 0.392 e. The van der Waals surface area contributed by atoms with Gasteiger partial charge in [0.25, 0.3) is 0 Å². The summed E-state index contributed by atoms with van der Waals surface area (Å²) in [6.07, 6.45) is -6.73. The van der Waals surface area contributed by atoms with Gasteiger partial charge in [0.1, 0.15) is 0 Å². The van der Waals surface area contributed by atoms with Crippen LogP contribution in [0.2, 0.25) is 0 Å². The van der Waals surface area contributed by atoms with Crippen molar-refractivity contribution in [3.05, 3.63) is 0 Å². The number of aliphatic carboxylic acids is 1. The summed E-state index contributed by atoms with van der Waals surface area (Å²) in [6.45, 7) is 1.08. The van der Waals surface area contributed by atoms with E-state index in [1.54, 1.807) is 0 Å². The second-order valence-corrected chi connectivity index (χ2v) is 5.95. The van der Waals surface area contributed by atoms with E-state index in [9.17, 15) is 26.4 Å². The van der Waals surface area contributed by atoms with Crippen molar-refractivity contribution < 1.29 is 31.5 Å². The third kappa shape index (κ3) is 5.65. The highest BCUT2D eigenvalue weighted by Gasteiger charge is 2.43. The molecule has 0 spiro atoms. The van der Waals surface area contributed by atoms with Gasteiger partial charge < -0.3 is 10.8 Å². The topological polar surface area (TPSA) is 123 Å². The standard InChI is InChI=1S/C8H15F3N2O4S/c1-4(18(13,16)17)6(12)2-5(3-7(14)15)8(9,10)11/h4-6H,2-3,12H2,1H3,(H,14,15)(H2,13,16,17)/t4-,5-,6-/m1/s1. The molecule has 108 valence electrons. The zero-order chi connectivity index (χ0) is 14.7. The van der Waals surface area contributed by atoms with Crippen LogP contribution in [0.25, 0.3) is 0 Å². The summed E-state index contributed by atoms with van der Waals surface area (Å²) in [6, 6.07) is -1.38. The Kier molecular flexibility index (Phi) is 5.56. The normalized spacial score (nSPS) is 18.1. The van der Waals surface area contributed by atoms with Crippen LogP contribution < -0.4 is 10.9 Å². The number of alkyl halides is 3. The van der Waals surface area contributed by atoms with Crippen molar-refractivity contribution in [1.29, 1.82) is 0 Å². The molecule has 0 saturated heterocycles. The average Bonchev–Trinajstić information content (AvgIpc) is 2.11. The summed E-state index contributed by atoms with van der Waals surface area (Å²) in [7, 11) is -4.06. The molecule has 0 saturated carbocycles. The van der Waals surface area contributed by atoms with Crippen LogP contribution in [0.15, 0.2) is 0 Å². The Bertz CT molecular complexity index is 396. The summed E-state index contributed by atoms with van der Waals surface area (Å²) in [5.74, 6) is -3.83. The molecule has 0 aromatic heterocycles. The number of sulfonamides is 1. The van der Waals surface area contributed by atoms with Crippen LogP contribution in [0.5, 0.6) is 0 Å². The number of halogens is 3. The molecule has 0 rings (SSSR count). The lowest BCUT2D eigenvalue weighted by atomic mass is 9.95. The Balaban J connectivity index is 4.84. The van der Waals surface area contributed by atoms with Crippen molar-refractivity contribution in [3.8, 4) is 0 Å². The molecular formula is C8H15F3N2O4S. The molecule has 0 fully saturated rings. The summed E-state index contributed by atoms with van der Waals surface area (Å²) in [4.78, 5) is 10.3. The minimum atomic E-state index is -4.76. The number of primary sulfonamides is 1. The Morgan fingerprint density at radius 1 is 1.39 bits per heavy atom. The molecule has 0 radical (unpaired) electrons.